The van der Waals surface area contributed by atoms with Crippen LogP contribution in [0.15, 0.2) is 28.9 Å². The molecule has 3 aliphatic heterocycles. The maximum absolute atomic E-state index is 12.4. The highest BCUT2D eigenvalue weighted by Crippen LogP contribution is 2.51. The third-order valence-corrected chi connectivity index (χ3v) is 7.23. The van der Waals surface area contributed by atoms with Crippen LogP contribution >= 0.6 is 11.8 Å². The molecule has 2 fully saturated rings. The summed E-state index contributed by atoms with van der Waals surface area (Å²) in [5, 5.41) is 19.9. The first-order valence-corrected chi connectivity index (χ1v) is 10.2. The molecule has 2 saturated heterocycles. The number of carbonyl (C=O) groups excluding carboxylic acids is 1. The number of likely N-dealkylation sites (tertiary alicyclic amines) is 1. The largest absolute Gasteiger partial charge is 0.477 e. The van der Waals surface area contributed by atoms with Gasteiger partial charge in [-0.25, -0.2) is 9.78 Å². The van der Waals surface area contributed by atoms with Gasteiger partial charge in [0.15, 0.2) is 0 Å². The van der Waals surface area contributed by atoms with Gasteiger partial charge in [0.25, 0.3) is 0 Å². The average molecular weight is 404 g/mol. The number of carboxylic acids is 1. The number of nitrogens with zero attached hydrogens (tertiary/aromatic N) is 3. The van der Waals surface area contributed by atoms with Gasteiger partial charge in [-0.15, -0.1) is 11.8 Å². The summed E-state index contributed by atoms with van der Waals surface area (Å²) in [6.07, 6.45) is 0.996. The Balaban J connectivity index is 1.41. The number of carboxylic acid groups (broad SMARTS) is 1. The molecule has 1 aromatic rings. The molecule has 4 N–H and O–H groups in total. The number of nitrogen functional groups attached to an aromatic ring is 1. The van der Waals surface area contributed by atoms with Gasteiger partial charge in [0.2, 0.25) is 5.91 Å². The third kappa shape index (κ3) is 3.07. The van der Waals surface area contributed by atoms with Crippen molar-refractivity contribution in [2.75, 3.05) is 18.8 Å². The van der Waals surface area contributed by atoms with Crippen molar-refractivity contribution in [1.29, 1.82) is 0 Å². The fourth-order valence-electron chi connectivity index (χ4n) is 4.37. The van der Waals surface area contributed by atoms with E-state index in [1.807, 2.05) is 13.0 Å². The summed E-state index contributed by atoms with van der Waals surface area (Å²) in [7, 11) is 0. The number of rotatable bonds is 6. The lowest BCUT2D eigenvalue weighted by molar-refractivity contribution is -0.163. The number of fused-ring (bicyclic) bond motifs is 1. The quantitative estimate of drug-likeness (QED) is 0.594. The van der Waals surface area contributed by atoms with Gasteiger partial charge in [0.1, 0.15) is 11.5 Å². The number of anilines is 1. The number of amides is 1. The van der Waals surface area contributed by atoms with Crippen LogP contribution in [0.4, 0.5) is 5.82 Å². The highest BCUT2D eigenvalue weighted by atomic mass is 32.2. The van der Waals surface area contributed by atoms with E-state index in [9.17, 15) is 19.8 Å². The Bertz CT molecular complexity index is 835. The van der Waals surface area contributed by atoms with E-state index in [0.29, 0.717) is 5.82 Å². The zero-order valence-electron chi connectivity index (χ0n) is 15.8. The van der Waals surface area contributed by atoms with E-state index < -0.39 is 18.0 Å². The van der Waals surface area contributed by atoms with Crippen LogP contribution in [0.25, 0.3) is 0 Å². The molecule has 1 aromatic heterocycles. The number of nitrogens with two attached hydrogens (primary N) is 1. The van der Waals surface area contributed by atoms with Crippen LogP contribution in [0.1, 0.15) is 19.4 Å². The van der Waals surface area contributed by atoms with Gasteiger partial charge in [-0.05, 0) is 18.6 Å². The zero-order chi connectivity index (χ0) is 20.2. The summed E-state index contributed by atoms with van der Waals surface area (Å²) in [5.41, 5.74) is 6.80. The van der Waals surface area contributed by atoms with Gasteiger partial charge in [0, 0.05) is 41.9 Å². The van der Waals surface area contributed by atoms with Crippen molar-refractivity contribution in [2.45, 2.75) is 37.8 Å². The molecular weight excluding hydrogens is 380 g/mol. The molecule has 9 heteroatoms. The second kappa shape index (κ2) is 7.06. The number of pyridine rings is 1. The number of β-lactam (4-membered cyclic amide) rings is 1. The van der Waals surface area contributed by atoms with Crippen molar-refractivity contribution in [3.63, 3.8) is 0 Å². The smallest absolute Gasteiger partial charge is 0.353 e. The van der Waals surface area contributed by atoms with Gasteiger partial charge >= 0.3 is 5.97 Å². The molecule has 4 heterocycles. The summed E-state index contributed by atoms with van der Waals surface area (Å²) in [5.74, 6) is -1.45. The summed E-state index contributed by atoms with van der Waals surface area (Å²) >= 11 is 1.56. The molecule has 0 spiro atoms. The molecule has 0 saturated carbocycles. The lowest BCUT2D eigenvalue weighted by Gasteiger charge is -2.46. The molecule has 28 heavy (non-hydrogen) atoms. The second-order valence-electron chi connectivity index (χ2n) is 7.80. The zero-order valence-corrected chi connectivity index (χ0v) is 16.6. The normalized spacial score (nSPS) is 28.8. The van der Waals surface area contributed by atoms with Crippen molar-refractivity contribution in [2.24, 2.45) is 11.8 Å². The van der Waals surface area contributed by atoms with Crippen LogP contribution in [0.3, 0.4) is 0 Å². The Morgan fingerprint density at radius 2 is 2.14 bits per heavy atom. The fraction of sp³-hybridized carbons (Fsp3) is 0.526. The van der Waals surface area contributed by atoms with Gasteiger partial charge in [0.05, 0.1) is 18.1 Å². The van der Waals surface area contributed by atoms with Gasteiger partial charge < -0.3 is 20.8 Å². The minimum absolute atomic E-state index is 0.0799. The van der Waals surface area contributed by atoms with Crippen molar-refractivity contribution < 1.29 is 19.8 Å². The number of thioether (sulfide) groups is 1. The molecule has 3 aliphatic rings. The van der Waals surface area contributed by atoms with Crippen LogP contribution in [-0.4, -0.2) is 67.4 Å². The predicted octanol–water partition coefficient (Wildman–Crippen LogP) is 0.735. The molecular formula is C19H24N4O4S. The maximum Gasteiger partial charge on any atom is 0.353 e. The Morgan fingerprint density at radius 1 is 1.43 bits per heavy atom. The Morgan fingerprint density at radius 3 is 2.71 bits per heavy atom. The Hall–Kier alpha value is -2.10. The summed E-state index contributed by atoms with van der Waals surface area (Å²) in [6.45, 7) is 6.01. The highest BCUT2D eigenvalue weighted by Gasteiger charge is 2.60. The monoisotopic (exact) mass is 404 g/mol. The molecule has 4 unspecified atom stereocenters. The predicted molar refractivity (Wildman–Crippen MR) is 105 cm³/mol. The van der Waals surface area contributed by atoms with Crippen molar-refractivity contribution in [1.82, 2.24) is 14.8 Å². The van der Waals surface area contributed by atoms with Crippen molar-refractivity contribution >= 4 is 29.5 Å². The summed E-state index contributed by atoms with van der Waals surface area (Å²) in [6, 6.07) is 3.49. The minimum atomic E-state index is -1.07. The van der Waals surface area contributed by atoms with Crippen LogP contribution in [0, 0.1) is 11.8 Å². The van der Waals surface area contributed by atoms with E-state index in [2.05, 4.69) is 9.88 Å². The molecule has 150 valence electrons. The molecule has 1 amide bonds. The number of aromatic nitrogens is 1. The molecule has 8 nitrogen and oxygen atoms in total. The first-order valence-electron chi connectivity index (χ1n) is 9.36. The van der Waals surface area contributed by atoms with E-state index in [-0.39, 0.29) is 28.8 Å². The molecule has 0 bridgehead atoms. The first-order chi connectivity index (χ1) is 13.3. The van der Waals surface area contributed by atoms with Crippen LogP contribution < -0.4 is 5.73 Å². The van der Waals surface area contributed by atoms with Crippen molar-refractivity contribution in [3.8, 4) is 0 Å². The molecule has 4 rings (SSSR count). The minimum Gasteiger partial charge on any atom is -0.477 e. The Labute approximate surface area is 167 Å². The molecule has 0 aromatic carbocycles. The number of hydrogen-bond donors (Lipinski definition) is 3. The average Bonchev–Trinajstić information content (AvgIpc) is 2.83. The molecule has 4 atom stereocenters. The summed E-state index contributed by atoms with van der Waals surface area (Å²) < 4.78 is 0. The SMILES string of the molecule is CC(O)C1C(=O)N2C(C(=O)O)=C(SC3CN(Cc4ccc(N)nc4)C3)C(C)C12. The molecule has 0 radical (unpaired) electrons. The number of aliphatic hydroxyl groups is 1. The summed E-state index contributed by atoms with van der Waals surface area (Å²) in [4.78, 5) is 32.7. The highest BCUT2D eigenvalue weighted by molar-refractivity contribution is 8.03. The first kappa shape index (κ1) is 19.2. The standard InChI is InChI=1S/C19H24N4O4S/c1-9-15-14(10(2)24)18(25)23(15)16(19(26)27)17(9)28-12-7-22(8-12)6-11-3-4-13(20)21-5-11/h3-5,9-10,12,14-15,24H,6-8H2,1-2H3,(H2,20,21)(H,26,27). The lowest BCUT2D eigenvalue weighted by atomic mass is 9.79. The topological polar surface area (TPSA) is 120 Å². The number of carbonyl (C=O) groups is 2. The van der Waals surface area contributed by atoms with Crippen LogP contribution in [-0.2, 0) is 16.1 Å². The number of hydrogen-bond acceptors (Lipinski definition) is 7. The lowest BCUT2D eigenvalue weighted by Crippen LogP contribution is -2.63. The second-order valence-corrected chi connectivity index (χ2v) is 9.14. The fourth-order valence-corrected chi connectivity index (χ4v) is 5.95. The van der Waals surface area contributed by atoms with Gasteiger partial charge in [-0.3, -0.25) is 9.69 Å². The Kier molecular flexibility index (Phi) is 4.84. The number of aliphatic hydroxyl groups excluding tert-OH is 1. The van der Waals surface area contributed by atoms with Crippen LogP contribution in [0.5, 0.6) is 0 Å². The van der Waals surface area contributed by atoms with E-state index in [4.69, 9.17) is 5.73 Å². The van der Waals surface area contributed by atoms with E-state index >= 15 is 0 Å². The maximum atomic E-state index is 12.4. The number of aliphatic carboxylic acids is 1. The van der Waals surface area contributed by atoms with E-state index in [0.717, 1.165) is 30.1 Å². The molecule has 0 aliphatic carbocycles. The van der Waals surface area contributed by atoms with Crippen LogP contribution in [0.2, 0.25) is 0 Å². The van der Waals surface area contributed by atoms with Gasteiger partial charge in [-0.2, -0.15) is 0 Å². The van der Waals surface area contributed by atoms with Crippen molar-refractivity contribution in [3.05, 3.63) is 34.5 Å². The third-order valence-electron chi connectivity index (χ3n) is 5.78. The van der Waals surface area contributed by atoms with E-state index in [1.54, 1.807) is 30.9 Å². The van der Waals surface area contributed by atoms with Gasteiger partial charge in [-0.1, -0.05) is 13.0 Å². The van der Waals surface area contributed by atoms with E-state index in [1.165, 1.54) is 4.90 Å².